The topological polar surface area (TPSA) is 55.6 Å². The lowest BCUT2D eigenvalue weighted by Crippen LogP contribution is -2.44. The molecule has 0 saturated heterocycles. The number of benzene rings is 1. The lowest BCUT2D eigenvalue weighted by molar-refractivity contribution is -0.132. The van der Waals surface area contributed by atoms with Gasteiger partial charge in [-0.2, -0.15) is 0 Å². The van der Waals surface area contributed by atoms with Crippen LogP contribution in [0, 0.1) is 0 Å². The molecule has 19 heavy (non-hydrogen) atoms. The van der Waals surface area contributed by atoms with Crippen molar-refractivity contribution in [2.24, 2.45) is 5.73 Å². The van der Waals surface area contributed by atoms with Gasteiger partial charge in [0.25, 0.3) is 0 Å². The highest BCUT2D eigenvalue weighted by Crippen LogP contribution is 2.20. The maximum absolute atomic E-state index is 11.8. The number of ether oxygens (including phenoxy) is 1. The van der Waals surface area contributed by atoms with Gasteiger partial charge in [0, 0.05) is 13.1 Å². The molecule has 1 rings (SSSR count). The number of nitrogens with zero attached hydrogens (tertiary/aromatic N) is 1. The molecule has 5 heteroatoms. The van der Waals surface area contributed by atoms with Crippen LogP contribution in [0.1, 0.15) is 19.4 Å². The highest BCUT2D eigenvalue weighted by atomic mass is 35.5. The Bertz CT molecular complexity index is 410. The van der Waals surface area contributed by atoms with Crippen molar-refractivity contribution in [1.82, 2.24) is 4.90 Å². The predicted molar refractivity (Wildman–Crippen MR) is 79.8 cm³/mol. The normalized spacial score (nSPS) is 13.1. The summed E-state index contributed by atoms with van der Waals surface area (Å²) in [6, 6.07) is 7.46. The Morgan fingerprint density at radius 1 is 1.37 bits per heavy atom. The summed E-state index contributed by atoms with van der Waals surface area (Å²) in [6.07, 6.45) is 0.749. The van der Waals surface area contributed by atoms with Crippen LogP contribution in [0.3, 0.4) is 0 Å². The summed E-state index contributed by atoms with van der Waals surface area (Å²) in [5.74, 6) is 0.809. The van der Waals surface area contributed by atoms with Crippen molar-refractivity contribution in [3.63, 3.8) is 0 Å². The summed E-state index contributed by atoms with van der Waals surface area (Å²) in [4.78, 5) is 13.5. The molecule has 1 amide bonds. The van der Waals surface area contributed by atoms with E-state index in [1.54, 1.807) is 26.0 Å². The minimum Gasteiger partial charge on any atom is -0.496 e. The lowest BCUT2D eigenvalue weighted by Gasteiger charge is -2.27. The minimum atomic E-state index is -0.463. The van der Waals surface area contributed by atoms with Crippen LogP contribution in [-0.4, -0.2) is 37.0 Å². The van der Waals surface area contributed by atoms with E-state index in [-0.39, 0.29) is 24.4 Å². The van der Waals surface area contributed by atoms with Gasteiger partial charge in [-0.05, 0) is 31.9 Å². The van der Waals surface area contributed by atoms with Gasteiger partial charge in [-0.15, -0.1) is 12.4 Å². The highest BCUT2D eigenvalue weighted by Gasteiger charge is 2.19. The van der Waals surface area contributed by atoms with Gasteiger partial charge in [0.05, 0.1) is 13.2 Å². The lowest BCUT2D eigenvalue weighted by atomic mass is 10.0. The van der Waals surface area contributed by atoms with Crippen molar-refractivity contribution in [3.05, 3.63) is 29.8 Å². The van der Waals surface area contributed by atoms with E-state index in [1.165, 1.54) is 0 Å². The Morgan fingerprint density at radius 3 is 2.47 bits per heavy atom. The molecule has 0 heterocycles. The SMILES string of the molecule is COc1ccccc1CC(C)N(C)C(=O)[C@@H](C)N.Cl. The van der Waals surface area contributed by atoms with Gasteiger partial charge < -0.3 is 15.4 Å². The van der Waals surface area contributed by atoms with Gasteiger partial charge in [0.2, 0.25) is 5.91 Å². The number of hydrogen-bond donors (Lipinski definition) is 1. The van der Waals surface area contributed by atoms with E-state index in [0.717, 1.165) is 17.7 Å². The van der Waals surface area contributed by atoms with Crippen LogP contribution in [-0.2, 0) is 11.2 Å². The average Bonchev–Trinajstić information content (AvgIpc) is 2.37. The number of likely N-dealkylation sites (N-methyl/N-ethyl adjacent to an activating group) is 1. The number of amides is 1. The van der Waals surface area contributed by atoms with Crippen LogP contribution in [0.2, 0.25) is 0 Å². The van der Waals surface area contributed by atoms with Crippen molar-refractivity contribution in [3.8, 4) is 5.75 Å². The fourth-order valence-corrected chi connectivity index (χ4v) is 1.87. The van der Waals surface area contributed by atoms with Crippen molar-refractivity contribution in [2.45, 2.75) is 32.4 Å². The molecular formula is C14H23ClN2O2. The quantitative estimate of drug-likeness (QED) is 0.899. The molecule has 0 fully saturated rings. The van der Waals surface area contributed by atoms with E-state index in [0.29, 0.717) is 0 Å². The van der Waals surface area contributed by atoms with Crippen LogP contribution >= 0.6 is 12.4 Å². The zero-order chi connectivity index (χ0) is 13.7. The van der Waals surface area contributed by atoms with Crippen molar-refractivity contribution in [1.29, 1.82) is 0 Å². The Morgan fingerprint density at radius 2 is 1.95 bits per heavy atom. The Kier molecular flexibility index (Phi) is 7.49. The summed E-state index contributed by atoms with van der Waals surface area (Å²) in [5.41, 5.74) is 6.70. The highest BCUT2D eigenvalue weighted by molar-refractivity contribution is 5.85. The van der Waals surface area contributed by atoms with Crippen molar-refractivity contribution >= 4 is 18.3 Å². The molecule has 4 nitrogen and oxygen atoms in total. The summed E-state index contributed by atoms with van der Waals surface area (Å²) >= 11 is 0. The number of carbonyl (C=O) groups is 1. The molecule has 2 N–H and O–H groups in total. The molecule has 0 spiro atoms. The first kappa shape index (κ1) is 17.7. The van der Waals surface area contributed by atoms with E-state index >= 15 is 0 Å². The first-order valence-electron chi connectivity index (χ1n) is 6.11. The minimum absolute atomic E-state index is 0. The second-order valence-electron chi connectivity index (χ2n) is 4.60. The summed E-state index contributed by atoms with van der Waals surface area (Å²) in [6.45, 7) is 3.71. The Hall–Kier alpha value is -1.26. The second-order valence-corrected chi connectivity index (χ2v) is 4.60. The van der Waals surface area contributed by atoms with Crippen LogP contribution in [0.4, 0.5) is 0 Å². The molecular weight excluding hydrogens is 264 g/mol. The monoisotopic (exact) mass is 286 g/mol. The summed E-state index contributed by atoms with van der Waals surface area (Å²) < 4.78 is 5.31. The van der Waals surface area contributed by atoms with Gasteiger partial charge in [0.1, 0.15) is 5.75 Å². The van der Waals surface area contributed by atoms with E-state index in [4.69, 9.17) is 10.5 Å². The average molecular weight is 287 g/mol. The molecule has 1 aromatic rings. The van der Waals surface area contributed by atoms with Gasteiger partial charge in [-0.3, -0.25) is 4.79 Å². The largest absolute Gasteiger partial charge is 0.496 e. The molecule has 0 radical (unpaired) electrons. The molecule has 0 aliphatic rings. The maximum atomic E-state index is 11.8. The van der Waals surface area contributed by atoms with E-state index in [1.807, 2.05) is 31.2 Å². The molecule has 1 unspecified atom stereocenters. The Balaban J connectivity index is 0.00000324. The fourth-order valence-electron chi connectivity index (χ4n) is 1.87. The van der Waals surface area contributed by atoms with Gasteiger partial charge in [-0.25, -0.2) is 0 Å². The standard InChI is InChI=1S/C14H22N2O2.ClH/c1-10(16(3)14(17)11(2)15)9-12-7-5-6-8-13(12)18-4;/h5-8,10-11H,9,15H2,1-4H3;1H/t10?,11-;/m1./s1. The molecule has 0 saturated carbocycles. The van der Waals surface area contributed by atoms with Crippen LogP contribution in [0.25, 0.3) is 0 Å². The molecule has 1 aromatic carbocycles. The molecule has 0 bridgehead atoms. The number of carbonyl (C=O) groups excluding carboxylic acids is 1. The molecule has 0 aliphatic heterocycles. The smallest absolute Gasteiger partial charge is 0.239 e. The zero-order valence-corrected chi connectivity index (χ0v) is 12.7. The predicted octanol–water partition coefficient (Wildman–Crippen LogP) is 1.85. The van der Waals surface area contributed by atoms with Gasteiger partial charge in [0.15, 0.2) is 0 Å². The molecule has 0 aliphatic carbocycles. The first-order chi connectivity index (χ1) is 8.47. The number of rotatable bonds is 5. The summed E-state index contributed by atoms with van der Waals surface area (Å²) in [7, 11) is 3.44. The van der Waals surface area contributed by atoms with Gasteiger partial charge >= 0.3 is 0 Å². The van der Waals surface area contributed by atoms with Gasteiger partial charge in [-0.1, -0.05) is 18.2 Å². The summed E-state index contributed by atoms with van der Waals surface area (Å²) in [5, 5.41) is 0. The third-order valence-corrected chi connectivity index (χ3v) is 3.11. The molecule has 0 aromatic heterocycles. The van der Waals surface area contributed by atoms with Crippen LogP contribution < -0.4 is 10.5 Å². The van der Waals surface area contributed by atoms with E-state index in [9.17, 15) is 4.79 Å². The molecule has 2 atom stereocenters. The number of nitrogens with two attached hydrogens (primary N) is 1. The number of methoxy groups -OCH3 is 1. The number of halogens is 1. The number of hydrogen-bond acceptors (Lipinski definition) is 3. The van der Waals surface area contributed by atoms with Crippen molar-refractivity contribution in [2.75, 3.05) is 14.2 Å². The first-order valence-corrected chi connectivity index (χ1v) is 6.11. The Labute approximate surface area is 121 Å². The second kappa shape index (κ2) is 8.02. The van der Waals surface area contributed by atoms with Crippen molar-refractivity contribution < 1.29 is 9.53 Å². The third-order valence-electron chi connectivity index (χ3n) is 3.11. The maximum Gasteiger partial charge on any atom is 0.239 e. The zero-order valence-electron chi connectivity index (χ0n) is 11.9. The number of para-hydroxylation sites is 1. The third kappa shape index (κ3) is 4.73. The fraction of sp³-hybridized carbons (Fsp3) is 0.500. The van der Waals surface area contributed by atoms with E-state index < -0.39 is 6.04 Å². The van der Waals surface area contributed by atoms with Crippen LogP contribution in [0.15, 0.2) is 24.3 Å². The molecule has 108 valence electrons. The van der Waals surface area contributed by atoms with Crippen LogP contribution in [0.5, 0.6) is 5.75 Å². The van der Waals surface area contributed by atoms with E-state index in [2.05, 4.69) is 0 Å².